The van der Waals surface area contributed by atoms with Crippen LogP contribution >= 0.6 is 0 Å². The molecule has 1 rings (SSSR count). The number of nitrogens with one attached hydrogen (secondary N) is 1. The van der Waals surface area contributed by atoms with Gasteiger partial charge in [-0.25, -0.2) is 4.79 Å². The first kappa shape index (κ1) is 9.32. The Balaban J connectivity index is 2.93. The number of allylic oxidation sites excluding steroid dienone is 3. The maximum absolute atomic E-state index is 11.4. The SMILES string of the molecule is C=C/C(=C\C)N1C=CC(=C)NC1=O. The van der Waals surface area contributed by atoms with E-state index in [1.807, 2.05) is 13.0 Å². The summed E-state index contributed by atoms with van der Waals surface area (Å²) in [7, 11) is 0. The van der Waals surface area contributed by atoms with Crippen LogP contribution in [-0.2, 0) is 0 Å². The fourth-order valence-electron chi connectivity index (χ4n) is 1.03. The van der Waals surface area contributed by atoms with Gasteiger partial charge in [-0.3, -0.25) is 4.90 Å². The van der Waals surface area contributed by atoms with E-state index in [4.69, 9.17) is 0 Å². The quantitative estimate of drug-likeness (QED) is 0.642. The van der Waals surface area contributed by atoms with E-state index in [9.17, 15) is 4.79 Å². The van der Waals surface area contributed by atoms with Crippen LogP contribution in [0.5, 0.6) is 0 Å². The number of nitrogens with zero attached hydrogens (tertiary/aromatic N) is 1. The van der Waals surface area contributed by atoms with Crippen molar-refractivity contribution in [2.75, 3.05) is 0 Å². The second-order valence-corrected chi connectivity index (χ2v) is 2.56. The van der Waals surface area contributed by atoms with Crippen molar-refractivity contribution in [1.82, 2.24) is 10.2 Å². The summed E-state index contributed by atoms with van der Waals surface area (Å²) in [5.74, 6) is 0. The molecule has 0 saturated heterocycles. The summed E-state index contributed by atoms with van der Waals surface area (Å²) in [6.45, 7) is 9.08. The first-order valence-corrected chi connectivity index (χ1v) is 3.95. The Morgan fingerprint density at radius 3 is 2.85 bits per heavy atom. The fourth-order valence-corrected chi connectivity index (χ4v) is 1.03. The van der Waals surface area contributed by atoms with Gasteiger partial charge in [-0.15, -0.1) is 0 Å². The second kappa shape index (κ2) is 3.76. The summed E-state index contributed by atoms with van der Waals surface area (Å²) in [6.07, 6.45) is 6.83. The molecule has 1 heterocycles. The van der Waals surface area contributed by atoms with Crippen LogP contribution in [0.4, 0.5) is 4.79 Å². The maximum Gasteiger partial charge on any atom is 0.330 e. The molecule has 0 fully saturated rings. The number of amides is 2. The van der Waals surface area contributed by atoms with E-state index in [0.29, 0.717) is 5.70 Å². The molecule has 1 aliphatic heterocycles. The van der Waals surface area contributed by atoms with Gasteiger partial charge in [-0.05, 0) is 19.1 Å². The standard InChI is InChI=1S/C10H12N2O/c1-4-9(5-2)12-7-6-8(3)11-10(12)13/h4-7H,1,3H2,2H3,(H,11,13)/b9-5+. The summed E-state index contributed by atoms with van der Waals surface area (Å²) in [6, 6.07) is -0.208. The minimum absolute atomic E-state index is 0.208. The van der Waals surface area contributed by atoms with Crippen molar-refractivity contribution in [3.63, 3.8) is 0 Å². The zero-order valence-electron chi connectivity index (χ0n) is 7.58. The fraction of sp³-hybridized carbons (Fsp3) is 0.100. The van der Waals surface area contributed by atoms with Crippen molar-refractivity contribution in [1.29, 1.82) is 0 Å². The predicted octanol–water partition coefficient (Wildman–Crippen LogP) is 2.13. The minimum Gasteiger partial charge on any atom is -0.308 e. The maximum atomic E-state index is 11.4. The molecule has 3 heteroatoms. The zero-order chi connectivity index (χ0) is 9.84. The Labute approximate surface area is 77.7 Å². The molecular weight excluding hydrogens is 164 g/mol. The highest BCUT2D eigenvalue weighted by molar-refractivity contribution is 5.81. The molecule has 0 radical (unpaired) electrons. The molecule has 0 saturated carbocycles. The van der Waals surface area contributed by atoms with E-state index in [0.717, 1.165) is 5.70 Å². The molecule has 68 valence electrons. The van der Waals surface area contributed by atoms with Crippen molar-refractivity contribution in [3.8, 4) is 0 Å². The highest BCUT2D eigenvalue weighted by Gasteiger charge is 2.16. The van der Waals surface area contributed by atoms with E-state index in [1.165, 1.54) is 4.90 Å². The molecule has 0 aliphatic carbocycles. The number of hydrogen-bond donors (Lipinski definition) is 1. The number of urea groups is 1. The summed E-state index contributed by atoms with van der Waals surface area (Å²) in [5.41, 5.74) is 1.35. The van der Waals surface area contributed by atoms with Gasteiger partial charge in [-0.2, -0.15) is 0 Å². The lowest BCUT2D eigenvalue weighted by molar-refractivity contribution is 0.226. The molecule has 13 heavy (non-hydrogen) atoms. The summed E-state index contributed by atoms with van der Waals surface area (Å²) in [4.78, 5) is 12.9. The van der Waals surface area contributed by atoms with Crippen LogP contribution in [-0.4, -0.2) is 10.9 Å². The Bertz CT molecular complexity index is 313. The van der Waals surface area contributed by atoms with E-state index in [2.05, 4.69) is 18.5 Å². The molecule has 1 N–H and O–H groups in total. The van der Waals surface area contributed by atoms with Crippen molar-refractivity contribution in [2.45, 2.75) is 6.92 Å². The Hall–Kier alpha value is -1.77. The Morgan fingerprint density at radius 1 is 1.69 bits per heavy atom. The van der Waals surface area contributed by atoms with E-state index in [-0.39, 0.29) is 6.03 Å². The van der Waals surface area contributed by atoms with Crippen LogP contribution in [0.1, 0.15) is 6.92 Å². The summed E-state index contributed by atoms with van der Waals surface area (Å²) in [5, 5.41) is 2.60. The average Bonchev–Trinajstić information content (AvgIpc) is 2.10. The molecule has 0 unspecified atom stereocenters. The highest BCUT2D eigenvalue weighted by atomic mass is 16.2. The lowest BCUT2D eigenvalue weighted by Crippen LogP contribution is -2.37. The van der Waals surface area contributed by atoms with Crippen molar-refractivity contribution in [3.05, 3.63) is 49.0 Å². The number of carbonyl (C=O) groups excluding carboxylic acids is 1. The van der Waals surface area contributed by atoms with E-state index >= 15 is 0 Å². The molecule has 0 aromatic carbocycles. The van der Waals surface area contributed by atoms with Gasteiger partial charge in [0.05, 0.1) is 0 Å². The molecule has 3 nitrogen and oxygen atoms in total. The van der Waals surface area contributed by atoms with Crippen LogP contribution < -0.4 is 5.32 Å². The molecule has 1 aliphatic rings. The van der Waals surface area contributed by atoms with Gasteiger partial charge < -0.3 is 5.32 Å². The van der Waals surface area contributed by atoms with Gasteiger partial charge in [0.15, 0.2) is 0 Å². The smallest absolute Gasteiger partial charge is 0.308 e. The third kappa shape index (κ3) is 1.87. The summed E-state index contributed by atoms with van der Waals surface area (Å²) < 4.78 is 0. The normalized spacial score (nSPS) is 17.3. The first-order valence-electron chi connectivity index (χ1n) is 3.95. The average molecular weight is 176 g/mol. The van der Waals surface area contributed by atoms with Crippen LogP contribution in [0.2, 0.25) is 0 Å². The van der Waals surface area contributed by atoms with Crippen LogP contribution in [0.25, 0.3) is 0 Å². The Kier molecular flexibility index (Phi) is 2.69. The predicted molar refractivity (Wildman–Crippen MR) is 52.6 cm³/mol. The third-order valence-corrected chi connectivity index (χ3v) is 1.69. The van der Waals surface area contributed by atoms with E-state index < -0.39 is 0 Å². The van der Waals surface area contributed by atoms with Crippen LogP contribution in [0, 0.1) is 0 Å². The molecule has 2 amide bonds. The van der Waals surface area contributed by atoms with Gasteiger partial charge in [0.1, 0.15) is 0 Å². The van der Waals surface area contributed by atoms with E-state index in [1.54, 1.807) is 18.4 Å². The van der Waals surface area contributed by atoms with Gasteiger partial charge in [0.25, 0.3) is 0 Å². The largest absolute Gasteiger partial charge is 0.330 e. The Morgan fingerprint density at radius 2 is 2.38 bits per heavy atom. The van der Waals surface area contributed by atoms with Crippen LogP contribution in [0.3, 0.4) is 0 Å². The lowest BCUT2D eigenvalue weighted by atomic mass is 10.3. The molecular formula is C10H12N2O. The molecule has 0 aromatic rings. The van der Waals surface area contributed by atoms with Crippen molar-refractivity contribution in [2.24, 2.45) is 0 Å². The van der Waals surface area contributed by atoms with Gasteiger partial charge in [-0.1, -0.05) is 19.2 Å². The van der Waals surface area contributed by atoms with Crippen molar-refractivity contribution >= 4 is 6.03 Å². The monoisotopic (exact) mass is 176 g/mol. The highest BCUT2D eigenvalue weighted by Crippen LogP contribution is 2.11. The minimum atomic E-state index is -0.208. The van der Waals surface area contributed by atoms with Crippen LogP contribution in [0.15, 0.2) is 49.0 Å². The van der Waals surface area contributed by atoms with Gasteiger partial charge in [0.2, 0.25) is 0 Å². The molecule has 0 aromatic heterocycles. The number of carbonyl (C=O) groups is 1. The summed E-state index contributed by atoms with van der Waals surface area (Å²) >= 11 is 0. The van der Waals surface area contributed by atoms with Gasteiger partial charge >= 0.3 is 6.03 Å². The molecule has 0 atom stereocenters. The third-order valence-electron chi connectivity index (χ3n) is 1.69. The first-order chi connectivity index (χ1) is 6.19. The lowest BCUT2D eigenvalue weighted by Gasteiger charge is -2.23. The topological polar surface area (TPSA) is 32.3 Å². The zero-order valence-corrected chi connectivity index (χ0v) is 7.58. The molecule has 0 bridgehead atoms. The number of rotatable bonds is 2. The van der Waals surface area contributed by atoms with Crippen molar-refractivity contribution < 1.29 is 4.79 Å². The second-order valence-electron chi connectivity index (χ2n) is 2.56. The molecule has 0 spiro atoms. The number of hydrogen-bond acceptors (Lipinski definition) is 1. The van der Waals surface area contributed by atoms with Gasteiger partial charge in [0, 0.05) is 17.6 Å².